The third-order valence-electron chi connectivity index (χ3n) is 12.0. The van der Waals surface area contributed by atoms with Crippen molar-refractivity contribution in [3.63, 3.8) is 0 Å². The molecular formula is C48H85NO17Si9. The molecule has 0 aliphatic carbocycles. The van der Waals surface area contributed by atoms with Gasteiger partial charge in [0.2, 0.25) is 0 Å². The number of ether oxygens (including phenoxy) is 6. The maximum absolute atomic E-state index is 12.7. The molecule has 3 aliphatic heterocycles. The number of benzene rings is 3. The van der Waals surface area contributed by atoms with E-state index < -0.39 is 86.5 Å². The molecule has 0 saturated carbocycles. The molecule has 0 aromatic heterocycles. The number of unbranched alkanes of at least 4 members (excludes halogenated alkanes) is 7. The van der Waals surface area contributed by atoms with Crippen molar-refractivity contribution in [1.82, 2.24) is 5.32 Å². The molecule has 18 nitrogen and oxygen atoms in total. The van der Waals surface area contributed by atoms with Crippen LogP contribution >= 0.6 is 0 Å². The monoisotopic (exact) mass is 1200 g/mol. The number of rotatable bonds is 29. The molecule has 3 aromatic rings. The van der Waals surface area contributed by atoms with Gasteiger partial charge in [0, 0.05) is 18.8 Å². The molecule has 27 heteroatoms. The summed E-state index contributed by atoms with van der Waals surface area (Å²) in [5.74, 6) is 2.40. The largest absolute Gasteiger partial charge is 0.642 e. The molecule has 3 heterocycles. The minimum absolute atomic E-state index is 0.0998. The zero-order chi connectivity index (χ0) is 53.8. The summed E-state index contributed by atoms with van der Waals surface area (Å²) >= 11 is 0. The number of carbonyl (C=O) groups is 1. The lowest BCUT2D eigenvalue weighted by molar-refractivity contribution is 0.0273. The van der Waals surface area contributed by atoms with Gasteiger partial charge in [-0.3, -0.25) is 0 Å². The SMILES string of the molecule is CCCCCCCCCCOc1ccc(-c2ccc(OCCOCCOCCOc3ccc(COC(=O)NCC[SiH2]O[Si]45O[SiH](C)O[Si](C)(C)O[Si](C)(C[Si]6(C)O[Si](C)(C)O[SiH](C)O[Si](C)(O6)O4)O5)cc3)cc2)cc1. The van der Waals surface area contributed by atoms with Crippen LogP contribution in [0.1, 0.15) is 63.9 Å². The fourth-order valence-corrected chi connectivity index (χ4v) is 55.1. The Morgan fingerprint density at radius 2 is 1.04 bits per heavy atom. The minimum atomic E-state index is -3.93. The fourth-order valence-electron chi connectivity index (χ4n) is 9.34. The van der Waals surface area contributed by atoms with Gasteiger partial charge in [0.15, 0.2) is 9.76 Å². The van der Waals surface area contributed by atoms with Crippen LogP contribution in [0.15, 0.2) is 72.8 Å². The van der Waals surface area contributed by atoms with E-state index in [1.165, 1.54) is 44.9 Å². The summed E-state index contributed by atoms with van der Waals surface area (Å²) in [5.41, 5.74) is 3.53. The van der Waals surface area contributed by atoms with Gasteiger partial charge in [-0.05, 0) is 118 Å². The van der Waals surface area contributed by atoms with E-state index in [0.717, 1.165) is 41.2 Å². The van der Waals surface area contributed by atoms with Crippen LogP contribution in [-0.2, 0) is 62.0 Å². The summed E-state index contributed by atoms with van der Waals surface area (Å²) < 4.78 is 102. The number of amides is 1. The Balaban J connectivity index is 0.802. The predicted molar refractivity (Wildman–Crippen MR) is 308 cm³/mol. The van der Waals surface area contributed by atoms with E-state index in [9.17, 15) is 4.79 Å². The second-order valence-electron chi connectivity index (χ2n) is 20.4. The number of carbonyl (C=O) groups excluding carboxylic acids is 1. The Hall–Kier alpha value is -2.20. The summed E-state index contributed by atoms with van der Waals surface area (Å²) in [6.07, 6.45) is 9.81. The number of alkyl carbamates (subject to hydrolysis) is 1. The highest BCUT2D eigenvalue weighted by atomic mass is 28.6. The van der Waals surface area contributed by atoms with Crippen LogP contribution in [-0.4, -0.2) is 139 Å². The molecule has 0 spiro atoms. The van der Waals surface area contributed by atoms with Gasteiger partial charge in [0.1, 0.15) is 37.1 Å². The molecule has 6 rings (SSSR count). The lowest BCUT2D eigenvalue weighted by atomic mass is 10.1. The van der Waals surface area contributed by atoms with Gasteiger partial charge < -0.3 is 74.9 Å². The number of hydrogen-bond acceptors (Lipinski definition) is 17. The zero-order valence-electron chi connectivity index (χ0n) is 46.2. The second kappa shape index (κ2) is 29.9. The molecule has 1 amide bonds. The standard InChI is InChI=1S/C48H85NO17Si9/c1-11-12-13-14-15-16-17-18-32-53-46-27-21-43(22-28-46)44-23-29-47(30-24-44)55-38-36-52-34-33-51-35-37-54-45-25-19-42(20-26-45)40-56-48(50)49-31-39-67-57-75-61-69(3)59-71(6,7)63-73(9,65-75)41-72(8)62-70(4,5)58-68(2)60-74(10,64-72)66-75/h19-30,68-69H,11-18,31-41,67H2,1-10H3,(H,49,50). The molecule has 6 unspecified atom stereocenters. The van der Waals surface area contributed by atoms with Crippen LogP contribution in [0.3, 0.4) is 0 Å². The number of hydrogen-bond donors (Lipinski definition) is 1. The van der Waals surface area contributed by atoms with Crippen molar-refractivity contribution >= 4 is 86.5 Å². The van der Waals surface area contributed by atoms with Crippen molar-refractivity contribution in [3.05, 3.63) is 78.4 Å². The molecular weight excluding hydrogens is 1120 g/mol. The first-order chi connectivity index (χ1) is 35.8. The topological polar surface area (TPSA) is 177 Å². The Labute approximate surface area is 458 Å². The quantitative estimate of drug-likeness (QED) is 0.0514. The third-order valence-corrected chi connectivity index (χ3v) is 48.6. The van der Waals surface area contributed by atoms with Crippen molar-refractivity contribution in [2.45, 2.75) is 136 Å². The fraction of sp³-hybridized carbons (Fsp3) is 0.604. The van der Waals surface area contributed by atoms with Gasteiger partial charge in [0.05, 0.1) is 33.0 Å². The first kappa shape index (κ1) is 62.0. The lowest BCUT2D eigenvalue weighted by Crippen LogP contribution is -2.76. The van der Waals surface area contributed by atoms with Gasteiger partial charge in [0.25, 0.3) is 0 Å². The lowest BCUT2D eigenvalue weighted by Gasteiger charge is -2.53. The van der Waals surface area contributed by atoms with Crippen LogP contribution in [0.4, 0.5) is 4.79 Å². The van der Waals surface area contributed by atoms with Gasteiger partial charge >= 0.3 is 76.8 Å². The van der Waals surface area contributed by atoms with Crippen LogP contribution in [0, 0.1) is 0 Å². The minimum Gasteiger partial charge on any atom is -0.494 e. The summed E-state index contributed by atoms with van der Waals surface area (Å²) in [4.78, 5) is 12.7. The van der Waals surface area contributed by atoms with E-state index in [0.29, 0.717) is 63.6 Å². The van der Waals surface area contributed by atoms with Crippen LogP contribution in [0.25, 0.3) is 11.1 Å². The highest BCUT2D eigenvalue weighted by Gasteiger charge is 2.68. The highest BCUT2D eigenvalue weighted by molar-refractivity contribution is 7.00. The van der Waals surface area contributed by atoms with Gasteiger partial charge in [-0.25, -0.2) is 4.79 Å². The molecule has 420 valence electrons. The van der Waals surface area contributed by atoms with E-state index in [4.69, 9.17) is 69.6 Å². The van der Waals surface area contributed by atoms with Crippen molar-refractivity contribution < 1.29 is 74.4 Å². The van der Waals surface area contributed by atoms with E-state index in [1.807, 2.05) is 107 Å². The summed E-state index contributed by atoms with van der Waals surface area (Å²) in [7, 11) is -24.8. The molecule has 4 bridgehead atoms. The normalized spacial score (nSPS) is 26.5. The molecule has 6 atom stereocenters. The second-order valence-corrected chi connectivity index (χ2v) is 47.0. The van der Waals surface area contributed by atoms with E-state index in [-0.39, 0.29) is 6.61 Å². The maximum Gasteiger partial charge on any atom is 0.642 e. The molecule has 3 aromatic carbocycles. The maximum atomic E-state index is 12.7. The Morgan fingerprint density at radius 1 is 0.560 bits per heavy atom. The first-order valence-corrected chi connectivity index (χ1v) is 47.2. The Bertz CT molecular complexity index is 2160. The predicted octanol–water partition coefficient (Wildman–Crippen LogP) is 9.09. The first-order valence-electron chi connectivity index (χ1n) is 26.9. The Morgan fingerprint density at radius 3 is 1.60 bits per heavy atom. The van der Waals surface area contributed by atoms with Gasteiger partial charge in [-0.1, -0.05) is 88.3 Å². The van der Waals surface area contributed by atoms with Gasteiger partial charge in [-0.15, -0.1) is 0 Å². The van der Waals surface area contributed by atoms with E-state index in [1.54, 1.807) is 0 Å². The smallest absolute Gasteiger partial charge is 0.494 e. The van der Waals surface area contributed by atoms with Crippen molar-refractivity contribution in [2.24, 2.45) is 0 Å². The average Bonchev–Trinajstić information content (AvgIpc) is 3.31. The average molecular weight is 1200 g/mol. The van der Waals surface area contributed by atoms with Crippen molar-refractivity contribution in [3.8, 4) is 28.4 Å². The van der Waals surface area contributed by atoms with Gasteiger partial charge in [-0.2, -0.15) is 0 Å². The number of nitrogens with one attached hydrogen (secondary N) is 1. The summed E-state index contributed by atoms with van der Waals surface area (Å²) in [6, 6.07) is 24.3. The third kappa shape index (κ3) is 22.1. The van der Waals surface area contributed by atoms with Crippen LogP contribution in [0.5, 0.6) is 17.2 Å². The Kier molecular flexibility index (Phi) is 24.7. The van der Waals surface area contributed by atoms with E-state index in [2.05, 4.69) is 36.5 Å². The van der Waals surface area contributed by atoms with Crippen molar-refractivity contribution in [2.75, 3.05) is 52.8 Å². The molecule has 3 aliphatic rings. The zero-order valence-corrected chi connectivity index (χ0v) is 55.9. The molecule has 1 N–H and O–H groups in total. The highest BCUT2D eigenvalue weighted by Crippen LogP contribution is 2.41. The molecule has 3 fully saturated rings. The van der Waals surface area contributed by atoms with E-state index >= 15 is 0 Å². The molecule has 3 saturated heterocycles. The van der Waals surface area contributed by atoms with Crippen LogP contribution < -0.4 is 19.5 Å². The summed E-state index contributed by atoms with van der Waals surface area (Å²) in [5, 5.41) is 2.83. The summed E-state index contributed by atoms with van der Waals surface area (Å²) in [6.45, 7) is 23.8. The van der Waals surface area contributed by atoms with Crippen molar-refractivity contribution in [1.29, 1.82) is 0 Å². The molecule has 75 heavy (non-hydrogen) atoms. The van der Waals surface area contributed by atoms with Crippen LogP contribution in [0.2, 0.25) is 70.6 Å². The number of fused-ring (bicyclic) bond motifs is 4. The molecule has 0 radical (unpaired) electrons.